The number of aliphatic carboxylic acids is 1. The first-order valence-electron chi connectivity index (χ1n) is 5.88. The van der Waals surface area contributed by atoms with Gasteiger partial charge in [0.05, 0.1) is 41.9 Å². The van der Waals surface area contributed by atoms with Crippen LogP contribution in [-0.4, -0.2) is 34.3 Å². The van der Waals surface area contributed by atoms with Crippen molar-refractivity contribution in [3.63, 3.8) is 0 Å². The molecule has 2 aromatic rings. The maximum absolute atomic E-state index is 11.2. The molecule has 1 saturated heterocycles. The molecule has 1 fully saturated rings. The Morgan fingerprint density at radius 1 is 1.56 bits per heavy atom. The van der Waals surface area contributed by atoms with Gasteiger partial charge in [-0.2, -0.15) is 0 Å². The summed E-state index contributed by atoms with van der Waals surface area (Å²) in [5.41, 5.74) is 2.40. The molecule has 1 unspecified atom stereocenters. The predicted molar refractivity (Wildman–Crippen MR) is 65.4 cm³/mol. The average Bonchev–Trinajstić information content (AvgIpc) is 2.74. The van der Waals surface area contributed by atoms with Crippen molar-refractivity contribution in [2.45, 2.75) is 12.3 Å². The first-order valence-corrected chi connectivity index (χ1v) is 5.88. The van der Waals surface area contributed by atoms with Gasteiger partial charge in [0.25, 0.3) is 0 Å². The van der Waals surface area contributed by atoms with Crippen molar-refractivity contribution in [3.05, 3.63) is 30.1 Å². The van der Waals surface area contributed by atoms with Gasteiger partial charge in [-0.1, -0.05) is 13.0 Å². The number of rotatable bonds is 3. The van der Waals surface area contributed by atoms with Gasteiger partial charge in [0.1, 0.15) is 0 Å². The van der Waals surface area contributed by atoms with Crippen molar-refractivity contribution in [1.82, 2.24) is 9.97 Å². The van der Waals surface area contributed by atoms with E-state index in [0.717, 1.165) is 16.6 Å². The Morgan fingerprint density at radius 2 is 2.33 bits per heavy atom. The lowest BCUT2D eigenvalue weighted by Gasteiger charge is -2.44. The maximum Gasteiger partial charge on any atom is 0.307 e. The Labute approximate surface area is 104 Å². The van der Waals surface area contributed by atoms with Crippen LogP contribution in [0.5, 0.6) is 0 Å². The molecule has 0 spiro atoms. The second-order valence-electron chi connectivity index (χ2n) is 4.84. The molecule has 1 aliphatic heterocycles. The highest BCUT2D eigenvalue weighted by molar-refractivity contribution is 5.77. The summed E-state index contributed by atoms with van der Waals surface area (Å²) in [6, 6.07) is 5.84. The van der Waals surface area contributed by atoms with Crippen LogP contribution in [0.3, 0.4) is 0 Å². The molecule has 0 saturated carbocycles. The molecule has 18 heavy (non-hydrogen) atoms. The number of nitrogens with one attached hydrogen (secondary N) is 1. The first kappa shape index (κ1) is 11.2. The van der Waals surface area contributed by atoms with E-state index in [9.17, 15) is 9.90 Å². The molecule has 0 radical (unpaired) electrons. The number of benzene rings is 1. The summed E-state index contributed by atoms with van der Waals surface area (Å²) >= 11 is 0. The van der Waals surface area contributed by atoms with Crippen molar-refractivity contribution in [3.8, 4) is 0 Å². The molecule has 0 bridgehead atoms. The normalized spacial score (nSPS) is 19.4. The minimum absolute atomic E-state index is 0.412. The third-order valence-electron chi connectivity index (χ3n) is 3.91. The number of aromatic amines is 1. The lowest BCUT2D eigenvalue weighted by Crippen LogP contribution is -2.53. The van der Waals surface area contributed by atoms with Crippen LogP contribution in [0.2, 0.25) is 0 Å². The Hall–Kier alpha value is -1.88. The van der Waals surface area contributed by atoms with Crippen LogP contribution >= 0.6 is 0 Å². The zero-order chi connectivity index (χ0) is 12.8. The van der Waals surface area contributed by atoms with Crippen molar-refractivity contribution >= 4 is 17.0 Å². The van der Waals surface area contributed by atoms with Gasteiger partial charge in [0, 0.05) is 0 Å². The number of carboxylic acid groups (broad SMARTS) is 1. The molecule has 2 N–H and O–H groups in total. The Bertz CT molecular complexity index is 601. The highest BCUT2D eigenvalue weighted by Gasteiger charge is 2.48. The van der Waals surface area contributed by atoms with Crippen molar-refractivity contribution < 1.29 is 14.6 Å². The fourth-order valence-electron chi connectivity index (χ4n) is 2.47. The summed E-state index contributed by atoms with van der Waals surface area (Å²) in [4.78, 5) is 18.5. The Morgan fingerprint density at radius 3 is 2.94 bits per heavy atom. The zero-order valence-corrected chi connectivity index (χ0v) is 10.0. The molecule has 0 amide bonds. The molecule has 1 atom stereocenters. The molecule has 1 aromatic heterocycles. The zero-order valence-electron chi connectivity index (χ0n) is 10.0. The van der Waals surface area contributed by atoms with Crippen LogP contribution < -0.4 is 0 Å². The number of nitrogens with zero attached hydrogens (tertiary/aromatic N) is 1. The number of fused-ring (bicyclic) bond motifs is 1. The summed E-state index contributed by atoms with van der Waals surface area (Å²) in [5, 5.41) is 9.24. The molecule has 5 nitrogen and oxygen atoms in total. The van der Waals surface area contributed by atoms with Crippen molar-refractivity contribution in [2.24, 2.45) is 5.92 Å². The summed E-state index contributed by atoms with van der Waals surface area (Å²) < 4.78 is 5.27. The molecule has 1 aromatic carbocycles. The fraction of sp³-hybridized carbons (Fsp3) is 0.385. The van der Waals surface area contributed by atoms with Gasteiger partial charge in [0.2, 0.25) is 0 Å². The predicted octanol–water partition coefficient (Wildman–Crippen LogP) is 1.55. The SMILES string of the molecule is CC(C(=O)O)C1(c2ccc3nc[nH]c3c2)COC1. The standard InChI is InChI=1S/C13H14N2O3/c1-8(12(16)17)13(5-18-6-13)9-2-3-10-11(4-9)15-7-14-10/h2-4,7-8H,5-6H2,1H3,(H,14,15)(H,16,17). The average molecular weight is 246 g/mol. The summed E-state index contributed by atoms with van der Waals surface area (Å²) in [5.74, 6) is -1.25. The number of H-pyrrole nitrogens is 1. The second-order valence-corrected chi connectivity index (χ2v) is 4.84. The molecule has 3 rings (SSSR count). The molecule has 5 heteroatoms. The summed E-state index contributed by atoms with van der Waals surface area (Å²) in [6.45, 7) is 2.65. The number of carboxylic acids is 1. The largest absolute Gasteiger partial charge is 0.481 e. The maximum atomic E-state index is 11.2. The van der Waals surface area contributed by atoms with Gasteiger partial charge < -0.3 is 14.8 Å². The van der Waals surface area contributed by atoms with E-state index in [-0.39, 0.29) is 0 Å². The second kappa shape index (κ2) is 3.81. The molecule has 1 aliphatic rings. The first-order chi connectivity index (χ1) is 8.63. The highest BCUT2D eigenvalue weighted by Crippen LogP contribution is 2.40. The van der Waals surface area contributed by atoms with Gasteiger partial charge in [-0.15, -0.1) is 0 Å². The van der Waals surface area contributed by atoms with Gasteiger partial charge in [-0.25, -0.2) is 4.98 Å². The van der Waals surface area contributed by atoms with Crippen molar-refractivity contribution in [2.75, 3.05) is 13.2 Å². The molecule has 2 heterocycles. The van der Waals surface area contributed by atoms with Crippen LogP contribution in [-0.2, 0) is 14.9 Å². The smallest absolute Gasteiger partial charge is 0.307 e. The van der Waals surface area contributed by atoms with E-state index in [2.05, 4.69) is 9.97 Å². The third kappa shape index (κ3) is 1.44. The van der Waals surface area contributed by atoms with Gasteiger partial charge in [-0.05, 0) is 17.7 Å². The van der Waals surface area contributed by atoms with Crippen LogP contribution in [0.25, 0.3) is 11.0 Å². The Balaban J connectivity index is 2.07. The van der Waals surface area contributed by atoms with Crippen LogP contribution in [0.1, 0.15) is 12.5 Å². The van der Waals surface area contributed by atoms with Crippen LogP contribution in [0.4, 0.5) is 0 Å². The summed E-state index contributed by atoms with van der Waals surface area (Å²) in [7, 11) is 0. The third-order valence-corrected chi connectivity index (χ3v) is 3.91. The lowest BCUT2D eigenvalue weighted by atomic mass is 9.69. The summed E-state index contributed by atoms with van der Waals surface area (Å²) in [6.07, 6.45) is 1.64. The van der Waals surface area contributed by atoms with E-state index in [1.54, 1.807) is 13.3 Å². The van der Waals surface area contributed by atoms with E-state index >= 15 is 0 Å². The van der Waals surface area contributed by atoms with Crippen molar-refractivity contribution in [1.29, 1.82) is 0 Å². The molecular formula is C13H14N2O3. The van der Waals surface area contributed by atoms with E-state index in [0.29, 0.717) is 13.2 Å². The van der Waals surface area contributed by atoms with E-state index in [1.165, 1.54) is 0 Å². The van der Waals surface area contributed by atoms with Gasteiger partial charge >= 0.3 is 5.97 Å². The number of aromatic nitrogens is 2. The van der Waals surface area contributed by atoms with Gasteiger partial charge in [-0.3, -0.25) is 4.79 Å². The molecule has 94 valence electrons. The number of ether oxygens (including phenoxy) is 1. The highest BCUT2D eigenvalue weighted by atomic mass is 16.5. The lowest BCUT2D eigenvalue weighted by molar-refractivity contribution is -0.155. The van der Waals surface area contributed by atoms with E-state index in [4.69, 9.17) is 4.74 Å². The van der Waals surface area contributed by atoms with Crippen LogP contribution in [0, 0.1) is 5.92 Å². The topological polar surface area (TPSA) is 75.2 Å². The minimum Gasteiger partial charge on any atom is -0.481 e. The molecule has 0 aliphatic carbocycles. The minimum atomic E-state index is -0.789. The Kier molecular flexibility index (Phi) is 2.38. The van der Waals surface area contributed by atoms with Crippen LogP contribution in [0.15, 0.2) is 24.5 Å². The van der Waals surface area contributed by atoms with Gasteiger partial charge in [0.15, 0.2) is 0 Å². The monoisotopic (exact) mass is 246 g/mol. The number of hydrogen-bond acceptors (Lipinski definition) is 3. The van der Waals surface area contributed by atoms with E-state index < -0.39 is 17.3 Å². The quantitative estimate of drug-likeness (QED) is 0.861. The number of imidazole rings is 1. The number of carbonyl (C=O) groups is 1. The number of hydrogen-bond donors (Lipinski definition) is 2. The fourth-order valence-corrected chi connectivity index (χ4v) is 2.47. The van der Waals surface area contributed by atoms with E-state index in [1.807, 2.05) is 18.2 Å². The molecular weight excluding hydrogens is 232 g/mol.